The van der Waals surface area contributed by atoms with Crippen LogP contribution in [0.3, 0.4) is 0 Å². The molecule has 2 amide bonds. The van der Waals surface area contributed by atoms with Gasteiger partial charge in [-0.3, -0.25) is 24.1 Å². The Morgan fingerprint density at radius 2 is 2.00 bits per heavy atom. The predicted molar refractivity (Wildman–Crippen MR) is 88.2 cm³/mol. The van der Waals surface area contributed by atoms with Crippen molar-refractivity contribution in [2.45, 2.75) is 12.5 Å². The summed E-state index contributed by atoms with van der Waals surface area (Å²) in [6.45, 7) is 0. The van der Waals surface area contributed by atoms with Crippen LogP contribution in [-0.2, 0) is 18.3 Å². The number of hydrogen-bond donors (Lipinski definition) is 5. The lowest BCUT2D eigenvalue weighted by Crippen LogP contribution is -2.46. The van der Waals surface area contributed by atoms with Crippen LogP contribution in [0.5, 0.6) is 0 Å². The summed E-state index contributed by atoms with van der Waals surface area (Å²) < 4.78 is 0.944. The molecule has 0 aromatic carbocycles. The number of pyridine rings is 1. The van der Waals surface area contributed by atoms with Crippen molar-refractivity contribution in [2.24, 2.45) is 7.05 Å². The lowest BCUT2D eigenvalue weighted by Gasteiger charge is -2.17. The molecule has 0 aliphatic heterocycles. The van der Waals surface area contributed by atoms with E-state index in [0.717, 1.165) is 4.57 Å². The van der Waals surface area contributed by atoms with Crippen molar-refractivity contribution < 1.29 is 14.7 Å². The Labute approximate surface area is 140 Å². The molecule has 0 fully saturated rings. The fourth-order valence-corrected chi connectivity index (χ4v) is 2.08. The molecule has 132 valence electrons. The topological polar surface area (TPSA) is 172 Å². The van der Waals surface area contributed by atoms with Crippen molar-refractivity contribution in [3.8, 4) is 0 Å². The molecule has 2 aromatic heterocycles. The number of anilines is 2. The third-order valence-electron chi connectivity index (χ3n) is 3.42. The van der Waals surface area contributed by atoms with Gasteiger partial charge in [0.15, 0.2) is 0 Å². The van der Waals surface area contributed by atoms with Gasteiger partial charge in [0.2, 0.25) is 5.91 Å². The zero-order valence-corrected chi connectivity index (χ0v) is 13.1. The van der Waals surface area contributed by atoms with E-state index in [1.54, 1.807) is 12.1 Å². The lowest BCUT2D eigenvalue weighted by molar-refractivity contribution is -0.118. The summed E-state index contributed by atoms with van der Waals surface area (Å²) >= 11 is 0. The molecule has 0 aliphatic rings. The first-order chi connectivity index (χ1) is 11.8. The number of nitrogen functional groups attached to an aromatic ring is 1. The molecule has 11 nitrogen and oxygen atoms in total. The highest BCUT2D eigenvalue weighted by Crippen LogP contribution is 2.10. The molecular weight excluding hydrogens is 332 g/mol. The quantitative estimate of drug-likeness (QED) is 0.454. The van der Waals surface area contributed by atoms with Gasteiger partial charge in [-0.1, -0.05) is 0 Å². The first kappa shape index (κ1) is 17.7. The first-order valence-electron chi connectivity index (χ1n) is 7.07. The second-order valence-corrected chi connectivity index (χ2v) is 5.13. The smallest absolute Gasteiger partial charge is 0.405 e. The highest BCUT2D eigenvalue weighted by Gasteiger charge is 2.23. The van der Waals surface area contributed by atoms with Crippen LogP contribution in [0.4, 0.5) is 16.3 Å². The number of aromatic nitrogens is 3. The van der Waals surface area contributed by atoms with Crippen molar-refractivity contribution in [3.05, 3.63) is 50.9 Å². The van der Waals surface area contributed by atoms with Crippen molar-refractivity contribution in [2.75, 3.05) is 11.1 Å². The fourth-order valence-electron chi connectivity index (χ4n) is 2.08. The summed E-state index contributed by atoms with van der Waals surface area (Å²) in [7, 11) is 1.31. The highest BCUT2D eigenvalue weighted by molar-refractivity contribution is 5.98. The Morgan fingerprint density at radius 3 is 2.60 bits per heavy atom. The van der Waals surface area contributed by atoms with Gasteiger partial charge in [0.05, 0.1) is 0 Å². The Kier molecular flexibility index (Phi) is 5.17. The molecule has 2 rings (SSSR count). The van der Waals surface area contributed by atoms with E-state index in [1.165, 1.54) is 19.4 Å². The van der Waals surface area contributed by atoms with Gasteiger partial charge in [0.25, 0.3) is 5.56 Å². The van der Waals surface area contributed by atoms with E-state index in [4.69, 9.17) is 10.8 Å². The van der Waals surface area contributed by atoms with Gasteiger partial charge in [-0.25, -0.2) is 9.59 Å². The summed E-state index contributed by atoms with van der Waals surface area (Å²) in [5.74, 6) is -1.05. The Bertz CT molecular complexity index is 904. The lowest BCUT2D eigenvalue weighted by atomic mass is 10.1. The fraction of sp³-hybridized carbons (Fsp3) is 0.214. The first-order valence-corrected chi connectivity index (χ1v) is 7.07. The molecular formula is C14H16N6O5. The molecule has 25 heavy (non-hydrogen) atoms. The van der Waals surface area contributed by atoms with Crippen molar-refractivity contribution >= 4 is 23.5 Å². The maximum atomic E-state index is 12.4. The minimum atomic E-state index is -1.41. The average molecular weight is 348 g/mol. The third-order valence-corrected chi connectivity index (χ3v) is 3.42. The number of carbonyl (C=O) groups excluding carboxylic acids is 1. The van der Waals surface area contributed by atoms with Crippen molar-refractivity contribution in [1.29, 1.82) is 0 Å². The molecule has 1 atom stereocenters. The van der Waals surface area contributed by atoms with Crippen LogP contribution in [0, 0.1) is 0 Å². The Balaban J connectivity index is 2.29. The molecule has 11 heteroatoms. The maximum Gasteiger partial charge on any atom is 0.405 e. The largest absolute Gasteiger partial charge is 0.465 e. The van der Waals surface area contributed by atoms with Gasteiger partial charge in [0, 0.05) is 25.9 Å². The molecule has 1 unspecified atom stereocenters. The molecule has 2 aromatic rings. The van der Waals surface area contributed by atoms with Crippen LogP contribution >= 0.6 is 0 Å². The Morgan fingerprint density at radius 1 is 1.36 bits per heavy atom. The molecule has 6 N–H and O–H groups in total. The minimum absolute atomic E-state index is 0.0320. The summed E-state index contributed by atoms with van der Waals surface area (Å²) in [6.07, 6.45) is 1.63. The molecule has 0 bridgehead atoms. The average Bonchev–Trinajstić information content (AvgIpc) is 2.56. The van der Waals surface area contributed by atoms with E-state index < -0.39 is 29.3 Å². The van der Waals surface area contributed by atoms with Gasteiger partial charge in [0.1, 0.15) is 17.5 Å². The number of nitrogens with two attached hydrogens (primary N) is 1. The number of nitrogens with one attached hydrogen (secondary N) is 3. The number of carbonyl (C=O) groups is 2. The zero-order valence-electron chi connectivity index (χ0n) is 13.1. The van der Waals surface area contributed by atoms with E-state index >= 15 is 0 Å². The number of carboxylic acid groups (broad SMARTS) is 1. The maximum absolute atomic E-state index is 12.4. The normalized spacial score (nSPS) is 11.6. The number of hydrogen-bond acceptors (Lipinski definition) is 6. The Hall–Kier alpha value is -3.63. The van der Waals surface area contributed by atoms with Crippen molar-refractivity contribution in [3.63, 3.8) is 0 Å². The molecule has 0 saturated carbocycles. The van der Waals surface area contributed by atoms with Crippen LogP contribution in [0.1, 0.15) is 5.56 Å². The number of rotatable bonds is 5. The zero-order chi connectivity index (χ0) is 18.6. The summed E-state index contributed by atoms with van der Waals surface area (Å²) in [6, 6.07) is 2.06. The van der Waals surface area contributed by atoms with E-state index in [-0.39, 0.29) is 17.9 Å². The molecule has 0 spiro atoms. The van der Waals surface area contributed by atoms with E-state index in [2.05, 4.69) is 15.6 Å². The highest BCUT2D eigenvalue weighted by atomic mass is 16.4. The van der Waals surface area contributed by atoms with Crippen LogP contribution in [-0.4, -0.2) is 37.7 Å². The molecule has 2 heterocycles. The van der Waals surface area contributed by atoms with E-state index in [9.17, 15) is 19.2 Å². The van der Waals surface area contributed by atoms with Gasteiger partial charge in [-0.15, -0.1) is 0 Å². The van der Waals surface area contributed by atoms with Gasteiger partial charge < -0.3 is 21.5 Å². The number of amides is 2. The summed E-state index contributed by atoms with van der Waals surface area (Å²) in [5, 5.41) is 13.3. The standard InChI is InChI=1S/C14H16N6O5/c1-20-10(15)9(12(22)19-13(20)23)18-11(21)8(17-14(24)25)6-7-2-4-16-5-3-7/h2-5,8,17H,6,15H2,1H3,(H,18,21)(H,24,25)(H,19,22,23). The van der Waals surface area contributed by atoms with Crippen LogP contribution < -0.4 is 27.6 Å². The SMILES string of the molecule is Cn1c(N)c(NC(=O)C(Cc2ccncc2)NC(=O)O)c(=O)[nH]c1=O. The molecule has 0 saturated heterocycles. The molecule has 0 aliphatic carbocycles. The minimum Gasteiger partial charge on any atom is -0.465 e. The van der Waals surface area contributed by atoms with E-state index in [0.29, 0.717) is 5.56 Å². The van der Waals surface area contributed by atoms with Crippen molar-refractivity contribution in [1.82, 2.24) is 19.9 Å². The summed E-state index contributed by atoms with van der Waals surface area (Å²) in [4.78, 5) is 52.5. The number of nitrogens with zero attached hydrogens (tertiary/aromatic N) is 2. The number of H-pyrrole nitrogens is 1. The monoisotopic (exact) mass is 348 g/mol. The van der Waals surface area contributed by atoms with E-state index in [1.807, 2.05) is 4.98 Å². The van der Waals surface area contributed by atoms with Crippen LogP contribution in [0.25, 0.3) is 0 Å². The predicted octanol–water partition coefficient (Wildman–Crippen LogP) is -1.13. The van der Waals surface area contributed by atoms with Gasteiger partial charge >= 0.3 is 11.8 Å². The van der Waals surface area contributed by atoms with Gasteiger partial charge in [-0.2, -0.15) is 0 Å². The van der Waals surface area contributed by atoms with Crippen LogP contribution in [0.15, 0.2) is 34.1 Å². The molecule has 0 radical (unpaired) electrons. The van der Waals surface area contributed by atoms with Crippen LogP contribution in [0.2, 0.25) is 0 Å². The second kappa shape index (κ2) is 7.29. The number of aromatic amines is 1. The third kappa shape index (κ3) is 4.22. The summed E-state index contributed by atoms with van der Waals surface area (Å²) in [5.41, 5.74) is 4.37. The van der Waals surface area contributed by atoms with Gasteiger partial charge in [-0.05, 0) is 17.7 Å². The second-order valence-electron chi connectivity index (χ2n) is 5.13.